The van der Waals surface area contributed by atoms with Crippen molar-refractivity contribution in [2.24, 2.45) is 4.99 Å². The number of hydrogen-bond acceptors (Lipinski definition) is 3. The number of carbonyl (C=O) groups excluding carboxylic acids is 1. The summed E-state index contributed by atoms with van der Waals surface area (Å²) in [4.78, 5) is 19.4. The van der Waals surface area contributed by atoms with E-state index in [1.165, 1.54) is 11.3 Å². The predicted octanol–water partition coefficient (Wildman–Crippen LogP) is 3.80. The minimum absolute atomic E-state index is 0.297. The second-order valence-electron chi connectivity index (χ2n) is 5.65. The number of aromatic nitrogens is 1. The Balaban J connectivity index is 2.06. The summed E-state index contributed by atoms with van der Waals surface area (Å²) in [5, 5.41) is 0.638. The Morgan fingerprint density at radius 3 is 2.64 bits per heavy atom. The Bertz CT molecular complexity index is 1040. The van der Waals surface area contributed by atoms with Crippen LogP contribution in [0.5, 0.6) is 0 Å². The molecule has 0 unspecified atom stereocenters. The molecular weight excluding hydrogens is 354 g/mol. The highest BCUT2D eigenvalue weighted by Crippen LogP contribution is 2.22. The molecule has 0 spiro atoms. The van der Waals surface area contributed by atoms with E-state index in [1.807, 2.05) is 47.8 Å². The molecule has 0 aliphatic heterocycles. The van der Waals surface area contributed by atoms with Crippen LogP contribution in [-0.2, 0) is 6.54 Å². The first-order valence-corrected chi connectivity index (χ1v) is 8.78. The van der Waals surface area contributed by atoms with Crippen LogP contribution in [-0.4, -0.2) is 24.6 Å². The number of benzene rings is 2. The molecule has 0 fully saturated rings. The molecule has 25 heavy (non-hydrogen) atoms. The SMILES string of the molecule is C#CCn1c(=NC(=O)c2ccc(N(C)C)cc2)sc2cc(Cl)ccc21. The standard InChI is InChI=1S/C19H16ClN3OS/c1-4-11-23-16-10-7-14(20)12-17(16)25-19(23)21-18(24)13-5-8-15(9-6-13)22(2)3/h1,5-10,12H,11H2,2-3H3. The smallest absolute Gasteiger partial charge is 0.279 e. The van der Waals surface area contributed by atoms with Crippen LogP contribution in [0.3, 0.4) is 0 Å². The number of amides is 1. The number of terminal acetylenes is 1. The van der Waals surface area contributed by atoms with E-state index in [-0.39, 0.29) is 5.91 Å². The fourth-order valence-electron chi connectivity index (χ4n) is 2.43. The van der Waals surface area contributed by atoms with Gasteiger partial charge in [0.1, 0.15) is 0 Å². The first-order chi connectivity index (χ1) is 12.0. The van der Waals surface area contributed by atoms with Gasteiger partial charge in [0.2, 0.25) is 0 Å². The summed E-state index contributed by atoms with van der Waals surface area (Å²) < 4.78 is 2.79. The summed E-state index contributed by atoms with van der Waals surface area (Å²) in [6.07, 6.45) is 5.47. The number of rotatable bonds is 3. The van der Waals surface area contributed by atoms with Gasteiger partial charge in [-0.25, -0.2) is 0 Å². The molecule has 1 amide bonds. The van der Waals surface area contributed by atoms with Crippen molar-refractivity contribution in [2.45, 2.75) is 6.54 Å². The predicted molar refractivity (Wildman–Crippen MR) is 104 cm³/mol. The van der Waals surface area contributed by atoms with Crippen molar-refractivity contribution >= 4 is 44.7 Å². The molecular formula is C19H16ClN3OS. The maximum Gasteiger partial charge on any atom is 0.279 e. The topological polar surface area (TPSA) is 37.6 Å². The Morgan fingerprint density at radius 1 is 1.28 bits per heavy atom. The molecule has 0 saturated heterocycles. The monoisotopic (exact) mass is 369 g/mol. The highest BCUT2D eigenvalue weighted by atomic mass is 35.5. The lowest BCUT2D eigenvalue weighted by atomic mass is 10.2. The highest BCUT2D eigenvalue weighted by molar-refractivity contribution is 7.16. The molecule has 4 nitrogen and oxygen atoms in total. The molecule has 126 valence electrons. The van der Waals surface area contributed by atoms with Gasteiger partial charge < -0.3 is 9.47 Å². The molecule has 0 N–H and O–H groups in total. The first-order valence-electron chi connectivity index (χ1n) is 7.58. The second-order valence-corrected chi connectivity index (χ2v) is 7.09. The van der Waals surface area contributed by atoms with Crippen LogP contribution in [0.1, 0.15) is 10.4 Å². The minimum atomic E-state index is -0.297. The van der Waals surface area contributed by atoms with Crippen molar-refractivity contribution < 1.29 is 4.79 Å². The average Bonchev–Trinajstić information content (AvgIpc) is 2.91. The van der Waals surface area contributed by atoms with Crippen LogP contribution >= 0.6 is 22.9 Å². The molecule has 0 bridgehead atoms. The van der Waals surface area contributed by atoms with E-state index in [0.717, 1.165) is 15.9 Å². The van der Waals surface area contributed by atoms with Gasteiger partial charge in [0.25, 0.3) is 5.91 Å². The van der Waals surface area contributed by atoms with Crippen molar-refractivity contribution in [2.75, 3.05) is 19.0 Å². The normalized spacial score (nSPS) is 11.5. The van der Waals surface area contributed by atoms with Crippen LogP contribution in [0.15, 0.2) is 47.5 Å². The van der Waals surface area contributed by atoms with Gasteiger partial charge in [-0.05, 0) is 42.5 Å². The van der Waals surface area contributed by atoms with E-state index < -0.39 is 0 Å². The summed E-state index contributed by atoms with van der Waals surface area (Å²) in [7, 11) is 3.90. The van der Waals surface area contributed by atoms with Crippen LogP contribution in [0.4, 0.5) is 5.69 Å². The van der Waals surface area contributed by atoms with Crippen molar-refractivity contribution in [3.8, 4) is 12.3 Å². The van der Waals surface area contributed by atoms with Crippen molar-refractivity contribution in [1.29, 1.82) is 0 Å². The van der Waals surface area contributed by atoms with Gasteiger partial charge in [-0.1, -0.05) is 28.9 Å². The van der Waals surface area contributed by atoms with Gasteiger partial charge in [0, 0.05) is 30.4 Å². The van der Waals surface area contributed by atoms with Gasteiger partial charge in [0.05, 0.1) is 16.8 Å². The summed E-state index contributed by atoms with van der Waals surface area (Å²) in [5.41, 5.74) is 2.48. The minimum Gasteiger partial charge on any atom is -0.378 e. The maximum absolute atomic E-state index is 12.5. The van der Waals surface area contributed by atoms with E-state index in [1.54, 1.807) is 18.2 Å². The number of halogens is 1. The van der Waals surface area contributed by atoms with Gasteiger partial charge >= 0.3 is 0 Å². The summed E-state index contributed by atoms with van der Waals surface area (Å²) in [5.74, 6) is 2.31. The van der Waals surface area contributed by atoms with E-state index in [4.69, 9.17) is 18.0 Å². The summed E-state index contributed by atoms with van der Waals surface area (Å²) in [6, 6.07) is 12.9. The lowest BCUT2D eigenvalue weighted by molar-refractivity contribution is 0.0998. The fraction of sp³-hybridized carbons (Fsp3) is 0.158. The van der Waals surface area contributed by atoms with Crippen LogP contribution in [0, 0.1) is 12.3 Å². The molecule has 0 aliphatic carbocycles. The number of anilines is 1. The Hall–Kier alpha value is -2.55. The highest BCUT2D eigenvalue weighted by Gasteiger charge is 2.09. The molecule has 1 heterocycles. The zero-order valence-electron chi connectivity index (χ0n) is 13.9. The van der Waals surface area contributed by atoms with Gasteiger partial charge in [-0.2, -0.15) is 4.99 Å². The molecule has 6 heteroatoms. The lowest BCUT2D eigenvalue weighted by Crippen LogP contribution is -2.16. The summed E-state index contributed by atoms with van der Waals surface area (Å²) in [6.45, 7) is 0.341. The van der Waals surface area contributed by atoms with E-state index in [2.05, 4.69) is 10.9 Å². The van der Waals surface area contributed by atoms with Crippen LogP contribution < -0.4 is 9.70 Å². The average molecular weight is 370 g/mol. The van der Waals surface area contributed by atoms with Gasteiger partial charge in [0.15, 0.2) is 4.80 Å². The van der Waals surface area contributed by atoms with Crippen LogP contribution in [0.2, 0.25) is 5.02 Å². The maximum atomic E-state index is 12.5. The van der Waals surface area contributed by atoms with Crippen molar-refractivity contribution in [3.63, 3.8) is 0 Å². The third-order valence-electron chi connectivity index (χ3n) is 3.72. The Kier molecular flexibility index (Phi) is 4.93. The first kappa shape index (κ1) is 17.3. The van der Waals surface area contributed by atoms with Crippen molar-refractivity contribution in [1.82, 2.24) is 4.57 Å². The molecule has 0 aliphatic rings. The fourth-order valence-corrected chi connectivity index (χ4v) is 3.73. The largest absolute Gasteiger partial charge is 0.378 e. The Morgan fingerprint density at radius 2 is 2.00 bits per heavy atom. The number of thiazole rings is 1. The second kappa shape index (κ2) is 7.14. The quantitative estimate of drug-likeness (QED) is 0.658. The third-order valence-corrected chi connectivity index (χ3v) is 5.00. The van der Waals surface area contributed by atoms with Crippen LogP contribution in [0.25, 0.3) is 10.2 Å². The number of nitrogens with zero attached hydrogens (tertiary/aromatic N) is 3. The molecule has 1 aromatic heterocycles. The number of carbonyl (C=O) groups is 1. The molecule has 0 atom stereocenters. The molecule has 0 radical (unpaired) electrons. The van der Waals surface area contributed by atoms with E-state index >= 15 is 0 Å². The summed E-state index contributed by atoms with van der Waals surface area (Å²) >= 11 is 7.45. The zero-order valence-corrected chi connectivity index (χ0v) is 15.4. The number of hydrogen-bond donors (Lipinski definition) is 0. The Labute approximate surface area is 155 Å². The molecule has 0 saturated carbocycles. The molecule has 3 rings (SSSR count). The van der Waals surface area contributed by atoms with Gasteiger partial charge in [-0.3, -0.25) is 4.79 Å². The lowest BCUT2D eigenvalue weighted by Gasteiger charge is -2.11. The van der Waals surface area contributed by atoms with E-state index in [9.17, 15) is 4.79 Å². The van der Waals surface area contributed by atoms with Crippen molar-refractivity contribution in [3.05, 3.63) is 57.9 Å². The number of fused-ring (bicyclic) bond motifs is 1. The van der Waals surface area contributed by atoms with Gasteiger partial charge in [-0.15, -0.1) is 6.42 Å². The zero-order chi connectivity index (χ0) is 18.0. The molecule has 3 aromatic rings. The third kappa shape index (κ3) is 3.60. The van der Waals surface area contributed by atoms with E-state index in [0.29, 0.717) is 21.9 Å². The molecule has 2 aromatic carbocycles.